The lowest BCUT2D eigenvalue weighted by Crippen LogP contribution is -2.01. The van der Waals surface area contributed by atoms with E-state index in [1.807, 2.05) is 24.3 Å². The molecule has 0 N–H and O–H groups in total. The largest absolute Gasteiger partial charge is 0.489 e. The Balaban J connectivity index is 2.17. The van der Waals surface area contributed by atoms with E-state index in [2.05, 4.69) is 15.9 Å². The van der Waals surface area contributed by atoms with Gasteiger partial charge in [-0.3, -0.25) is 10.1 Å². The normalized spacial score (nSPS) is 10.4. The first-order chi connectivity index (χ1) is 10.0. The molecule has 0 aliphatic rings. The van der Waals surface area contributed by atoms with Crippen LogP contribution in [0.5, 0.6) is 5.75 Å². The highest BCUT2D eigenvalue weighted by Crippen LogP contribution is 2.26. The molecule has 0 atom stereocenters. The summed E-state index contributed by atoms with van der Waals surface area (Å²) >= 11 is 9.25. The van der Waals surface area contributed by atoms with E-state index in [1.165, 1.54) is 6.07 Å². The summed E-state index contributed by atoms with van der Waals surface area (Å²) in [4.78, 5) is 10.5. The number of nitrogens with zero attached hydrogens (tertiary/aromatic N) is 1. The molecular weight excluding hydrogens is 358 g/mol. The lowest BCUT2D eigenvalue weighted by molar-refractivity contribution is -0.385. The molecule has 2 aromatic rings. The predicted molar refractivity (Wildman–Crippen MR) is 85.9 cm³/mol. The van der Waals surface area contributed by atoms with Gasteiger partial charge < -0.3 is 4.74 Å². The van der Waals surface area contributed by atoms with Gasteiger partial charge in [0, 0.05) is 22.0 Å². The molecule has 0 aliphatic carbocycles. The van der Waals surface area contributed by atoms with E-state index in [-0.39, 0.29) is 17.2 Å². The van der Waals surface area contributed by atoms with Crippen molar-refractivity contribution < 1.29 is 9.66 Å². The molecule has 0 bridgehead atoms. The molecule has 2 rings (SSSR count). The van der Waals surface area contributed by atoms with Gasteiger partial charge in [0.1, 0.15) is 12.4 Å². The number of halogens is 2. The second-order valence-electron chi connectivity index (χ2n) is 4.49. The van der Waals surface area contributed by atoms with Crippen molar-refractivity contribution in [3.63, 3.8) is 0 Å². The topological polar surface area (TPSA) is 52.4 Å². The molecule has 0 unspecified atom stereocenters. The smallest absolute Gasteiger partial charge is 0.272 e. The van der Waals surface area contributed by atoms with Crippen LogP contribution in [-0.2, 0) is 12.5 Å². The van der Waals surface area contributed by atoms with Crippen LogP contribution < -0.4 is 4.74 Å². The van der Waals surface area contributed by atoms with Gasteiger partial charge in [-0.25, -0.2) is 0 Å². The van der Waals surface area contributed by atoms with Crippen molar-refractivity contribution in [2.75, 3.05) is 0 Å². The van der Waals surface area contributed by atoms with Gasteiger partial charge >= 0.3 is 0 Å². The molecule has 2 aromatic carbocycles. The Labute approximate surface area is 136 Å². The Morgan fingerprint density at radius 2 is 2.05 bits per heavy atom. The van der Waals surface area contributed by atoms with Crippen molar-refractivity contribution in [2.45, 2.75) is 19.4 Å². The van der Waals surface area contributed by atoms with Crippen LogP contribution in [0.2, 0.25) is 0 Å². The number of hydrogen-bond donors (Lipinski definition) is 0. The van der Waals surface area contributed by atoms with Crippen molar-refractivity contribution in [1.82, 2.24) is 0 Å². The minimum Gasteiger partial charge on any atom is -0.489 e. The molecule has 0 saturated carbocycles. The van der Waals surface area contributed by atoms with E-state index in [1.54, 1.807) is 13.0 Å². The average Bonchev–Trinajstić information content (AvgIpc) is 2.47. The standard InChI is InChI=1S/C15H13BrClNO3/c1-10-11(3-2-4-15(10)18(19)20)9-21-13-5-6-14(16)12(7-13)8-17/h2-7H,8-9H2,1H3. The molecular formula is C15H13BrClNO3. The van der Waals surface area contributed by atoms with Crippen LogP contribution in [0.15, 0.2) is 40.9 Å². The summed E-state index contributed by atoms with van der Waals surface area (Å²) in [5.74, 6) is 1.06. The Morgan fingerprint density at radius 1 is 1.29 bits per heavy atom. The van der Waals surface area contributed by atoms with Gasteiger partial charge in [0.25, 0.3) is 5.69 Å². The lowest BCUT2D eigenvalue weighted by atomic mass is 10.1. The number of alkyl halides is 1. The van der Waals surface area contributed by atoms with Crippen molar-refractivity contribution in [2.24, 2.45) is 0 Å². The fraction of sp³-hybridized carbons (Fsp3) is 0.200. The number of nitro groups is 1. The summed E-state index contributed by atoms with van der Waals surface area (Å²) in [7, 11) is 0. The Hall–Kier alpha value is -1.59. The highest BCUT2D eigenvalue weighted by molar-refractivity contribution is 9.10. The van der Waals surface area contributed by atoms with Gasteiger partial charge in [0.15, 0.2) is 0 Å². The van der Waals surface area contributed by atoms with E-state index >= 15 is 0 Å². The maximum absolute atomic E-state index is 10.9. The molecule has 0 saturated heterocycles. The third-order valence-corrected chi connectivity index (χ3v) is 4.23. The van der Waals surface area contributed by atoms with E-state index in [9.17, 15) is 10.1 Å². The molecule has 0 aromatic heterocycles. The van der Waals surface area contributed by atoms with Gasteiger partial charge in [0.2, 0.25) is 0 Å². The quantitative estimate of drug-likeness (QED) is 0.423. The number of hydrogen-bond acceptors (Lipinski definition) is 3. The Kier molecular flexibility index (Phi) is 5.20. The van der Waals surface area contributed by atoms with Crippen LogP contribution in [-0.4, -0.2) is 4.92 Å². The first-order valence-corrected chi connectivity index (χ1v) is 7.55. The predicted octanol–water partition coefficient (Wildman–Crippen LogP) is 4.98. The minimum atomic E-state index is -0.385. The summed E-state index contributed by atoms with van der Waals surface area (Å²) in [6.45, 7) is 2.00. The van der Waals surface area contributed by atoms with E-state index in [4.69, 9.17) is 16.3 Å². The van der Waals surface area contributed by atoms with Crippen LogP contribution in [0.25, 0.3) is 0 Å². The summed E-state index contributed by atoms with van der Waals surface area (Å²) in [6.07, 6.45) is 0. The third-order valence-electron chi connectivity index (χ3n) is 3.17. The zero-order valence-electron chi connectivity index (χ0n) is 11.3. The van der Waals surface area contributed by atoms with E-state index in [0.717, 1.165) is 15.6 Å². The summed E-state index contributed by atoms with van der Waals surface area (Å²) in [6, 6.07) is 10.5. The molecule has 0 heterocycles. The number of rotatable bonds is 5. The molecule has 0 amide bonds. The molecule has 0 aliphatic heterocycles. The summed E-state index contributed by atoms with van der Waals surface area (Å²) in [5.41, 5.74) is 2.45. The van der Waals surface area contributed by atoms with Crippen LogP contribution in [0, 0.1) is 17.0 Å². The molecule has 6 heteroatoms. The third kappa shape index (κ3) is 3.74. The maximum Gasteiger partial charge on any atom is 0.272 e. The zero-order chi connectivity index (χ0) is 15.4. The molecule has 0 fully saturated rings. The lowest BCUT2D eigenvalue weighted by Gasteiger charge is -2.10. The highest BCUT2D eigenvalue weighted by atomic mass is 79.9. The number of benzene rings is 2. The van der Waals surface area contributed by atoms with Gasteiger partial charge in [-0.2, -0.15) is 0 Å². The molecule has 110 valence electrons. The Morgan fingerprint density at radius 3 is 2.71 bits per heavy atom. The highest BCUT2D eigenvalue weighted by Gasteiger charge is 2.13. The van der Waals surface area contributed by atoms with Crippen molar-refractivity contribution in [3.8, 4) is 5.75 Å². The molecule has 21 heavy (non-hydrogen) atoms. The molecule has 0 radical (unpaired) electrons. The van der Waals surface area contributed by atoms with Crippen LogP contribution >= 0.6 is 27.5 Å². The van der Waals surface area contributed by atoms with E-state index in [0.29, 0.717) is 17.2 Å². The van der Waals surface area contributed by atoms with Gasteiger partial charge in [-0.1, -0.05) is 28.1 Å². The first kappa shape index (κ1) is 15.8. The molecule has 0 spiro atoms. The number of ether oxygens (including phenoxy) is 1. The van der Waals surface area contributed by atoms with Crippen molar-refractivity contribution in [3.05, 3.63) is 67.7 Å². The maximum atomic E-state index is 10.9. The summed E-state index contributed by atoms with van der Waals surface area (Å²) in [5, 5.41) is 10.9. The summed E-state index contributed by atoms with van der Waals surface area (Å²) < 4.78 is 6.63. The number of nitro benzene ring substituents is 1. The van der Waals surface area contributed by atoms with Crippen LogP contribution in [0.3, 0.4) is 0 Å². The monoisotopic (exact) mass is 369 g/mol. The van der Waals surface area contributed by atoms with Crippen molar-refractivity contribution >= 4 is 33.2 Å². The SMILES string of the molecule is Cc1c(COc2ccc(Br)c(CCl)c2)cccc1[N+](=O)[O-]. The molecule has 4 nitrogen and oxygen atoms in total. The van der Waals surface area contributed by atoms with E-state index < -0.39 is 0 Å². The second-order valence-corrected chi connectivity index (χ2v) is 5.62. The average molecular weight is 371 g/mol. The Bertz CT molecular complexity index is 676. The first-order valence-electron chi connectivity index (χ1n) is 6.23. The van der Waals surface area contributed by atoms with Crippen molar-refractivity contribution in [1.29, 1.82) is 0 Å². The van der Waals surface area contributed by atoms with Crippen LogP contribution in [0.4, 0.5) is 5.69 Å². The van der Waals surface area contributed by atoms with Crippen LogP contribution in [0.1, 0.15) is 16.7 Å². The minimum absolute atomic E-state index is 0.105. The van der Waals surface area contributed by atoms with Gasteiger partial charge in [0.05, 0.1) is 4.92 Å². The fourth-order valence-electron chi connectivity index (χ4n) is 1.93. The fourth-order valence-corrected chi connectivity index (χ4v) is 2.70. The van der Waals surface area contributed by atoms with Gasteiger partial charge in [-0.05, 0) is 36.2 Å². The zero-order valence-corrected chi connectivity index (χ0v) is 13.6. The second kappa shape index (κ2) is 6.91. The van der Waals surface area contributed by atoms with Gasteiger partial charge in [-0.15, -0.1) is 11.6 Å².